The lowest BCUT2D eigenvalue weighted by atomic mass is 9.93. The maximum absolute atomic E-state index is 12.3. The number of rotatable bonds is 4. The lowest BCUT2D eigenvalue weighted by Gasteiger charge is -2.45. The van der Waals surface area contributed by atoms with Gasteiger partial charge in [-0.15, -0.1) is 0 Å². The smallest absolute Gasteiger partial charge is 0.297 e. The molecule has 5 nitrogen and oxygen atoms in total. The van der Waals surface area contributed by atoms with Gasteiger partial charge in [-0.05, 0) is 51.7 Å². The Hall–Kier alpha value is -0.950. The molecule has 1 spiro atoms. The Morgan fingerprint density at radius 2 is 1.79 bits per heavy atom. The fraction of sp³-hybridized carbons (Fsp3) is 0.667. The van der Waals surface area contributed by atoms with Crippen LogP contribution in [0.25, 0.3) is 0 Å². The molecular weight excluding hydrogens is 328 g/mol. The molecule has 0 N–H and O–H groups in total. The molecule has 2 aliphatic heterocycles. The van der Waals surface area contributed by atoms with Gasteiger partial charge in [-0.3, -0.25) is 4.18 Å². The van der Waals surface area contributed by atoms with Crippen molar-refractivity contribution in [3.8, 4) is 0 Å². The maximum atomic E-state index is 12.3. The largest absolute Gasteiger partial charge is 0.347 e. The summed E-state index contributed by atoms with van der Waals surface area (Å²) in [5.41, 5.74) is 1.01. The monoisotopic (exact) mass is 354 g/mol. The van der Waals surface area contributed by atoms with Crippen molar-refractivity contribution >= 4 is 10.1 Å². The Bertz CT molecular complexity index is 650. The van der Waals surface area contributed by atoms with Gasteiger partial charge in [0.15, 0.2) is 5.79 Å². The molecule has 0 aromatic heterocycles. The van der Waals surface area contributed by atoms with Crippen molar-refractivity contribution < 1.29 is 22.1 Å². The molecule has 3 atom stereocenters. The molecule has 0 radical (unpaired) electrons. The van der Waals surface area contributed by atoms with Crippen LogP contribution in [0, 0.1) is 6.92 Å². The van der Waals surface area contributed by atoms with Crippen LogP contribution < -0.4 is 0 Å². The van der Waals surface area contributed by atoms with E-state index in [2.05, 4.69) is 6.92 Å². The van der Waals surface area contributed by atoms with Crippen molar-refractivity contribution in [1.29, 1.82) is 0 Å². The van der Waals surface area contributed by atoms with Gasteiger partial charge in [0.05, 0.1) is 23.7 Å². The molecule has 6 heteroatoms. The van der Waals surface area contributed by atoms with E-state index in [1.54, 1.807) is 24.3 Å². The first-order valence-electron chi connectivity index (χ1n) is 8.70. The summed E-state index contributed by atoms with van der Waals surface area (Å²) in [6.07, 6.45) is 5.58. The Morgan fingerprint density at radius 3 is 2.46 bits per heavy atom. The highest BCUT2D eigenvalue weighted by Gasteiger charge is 2.41. The quantitative estimate of drug-likeness (QED) is 0.774. The summed E-state index contributed by atoms with van der Waals surface area (Å²) >= 11 is 0. The first-order chi connectivity index (χ1) is 11.4. The molecule has 0 unspecified atom stereocenters. The molecule has 0 saturated carbocycles. The fourth-order valence-electron chi connectivity index (χ4n) is 3.49. The standard InChI is InChI=1S/C18H26O5S/c1-14-7-9-17(10-8-14)24(19,20)21-13-16-6-4-12-18(23-16)11-3-5-15(2)22-18/h7-10,15-16H,3-6,11-13H2,1-2H3/t15-,16+,18+/m0/s1. The van der Waals surface area contributed by atoms with Crippen LogP contribution in [-0.2, 0) is 23.8 Å². The van der Waals surface area contributed by atoms with Crippen LogP contribution in [0.15, 0.2) is 29.2 Å². The van der Waals surface area contributed by atoms with E-state index in [1.165, 1.54) is 0 Å². The number of hydrogen-bond donors (Lipinski definition) is 0. The first kappa shape index (κ1) is 17.9. The zero-order chi connectivity index (χ0) is 17.2. The lowest BCUT2D eigenvalue weighted by Crippen LogP contribution is -2.48. The first-order valence-corrected chi connectivity index (χ1v) is 10.1. The molecule has 2 aliphatic rings. The molecule has 1 aromatic rings. The third kappa shape index (κ3) is 4.17. The molecular formula is C18H26O5S. The van der Waals surface area contributed by atoms with Crippen LogP contribution in [0.2, 0.25) is 0 Å². The van der Waals surface area contributed by atoms with Gasteiger partial charge < -0.3 is 9.47 Å². The van der Waals surface area contributed by atoms with Crippen molar-refractivity contribution in [1.82, 2.24) is 0 Å². The summed E-state index contributed by atoms with van der Waals surface area (Å²) in [5.74, 6) is -0.544. The second-order valence-electron chi connectivity index (χ2n) is 6.92. The van der Waals surface area contributed by atoms with Crippen molar-refractivity contribution in [2.75, 3.05) is 6.61 Å². The molecule has 24 heavy (non-hydrogen) atoms. The highest BCUT2D eigenvalue weighted by Crippen LogP contribution is 2.39. The highest BCUT2D eigenvalue weighted by molar-refractivity contribution is 7.86. The average molecular weight is 354 g/mol. The van der Waals surface area contributed by atoms with Gasteiger partial charge in [-0.2, -0.15) is 8.42 Å². The Labute approximate surface area is 144 Å². The summed E-state index contributed by atoms with van der Waals surface area (Å²) in [6.45, 7) is 4.01. The van der Waals surface area contributed by atoms with E-state index in [-0.39, 0.29) is 23.7 Å². The summed E-state index contributed by atoms with van der Waals surface area (Å²) < 4.78 is 42.0. The van der Waals surface area contributed by atoms with E-state index in [9.17, 15) is 8.42 Å². The minimum Gasteiger partial charge on any atom is -0.347 e. The van der Waals surface area contributed by atoms with Crippen molar-refractivity contribution in [2.24, 2.45) is 0 Å². The van der Waals surface area contributed by atoms with Crippen LogP contribution >= 0.6 is 0 Å². The summed E-state index contributed by atoms with van der Waals surface area (Å²) in [4.78, 5) is 0.182. The van der Waals surface area contributed by atoms with Crippen LogP contribution in [0.4, 0.5) is 0 Å². The molecule has 0 aliphatic carbocycles. The lowest BCUT2D eigenvalue weighted by molar-refractivity contribution is -0.314. The van der Waals surface area contributed by atoms with Crippen LogP contribution in [-0.4, -0.2) is 33.0 Å². The molecule has 0 bridgehead atoms. The van der Waals surface area contributed by atoms with Gasteiger partial charge in [0.1, 0.15) is 0 Å². The van der Waals surface area contributed by atoms with Gasteiger partial charge in [0.25, 0.3) is 10.1 Å². The molecule has 3 rings (SSSR count). The predicted octanol–water partition coefficient (Wildman–Crippen LogP) is 3.55. The Morgan fingerprint density at radius 1 is 1.12 bits per heavy atom. The van der Waals surface area contributed by atoms with Crippen molar-refractivity contribution in [3.05, 3.63) is 29.8 Å². The second kappa shape index (κ2) is 7.12. The number of aryl methyl sites for hydroxylation is 1. The zero-order valence-corrected chi connectivity index (χ0v) is 15.2. The molecule has 1 aromatic carbocycles. The minimum atomic E-state index is -3.75. The van der Waals surface area contributed by atoms with E-state index in [1.807, 2.05) is 6.92 Å². The number of ether oxygens (including phenoxy) is 2. The van der Waals surface area contributed by atoms with Gasteiger partial charge in [-0.25, -0.2) is 0 Å². The molecule has 134 valence electrons. The molecule has 0 amide bonds. The van der Waals surface area contributed by atoms with E-state index >= 15 is 0 Å². The third-order valence-electron chi connectivity index (χ3n) is 4.77. The van der Waals surface area contributed by atoms with Crippen molar-refractivity contribution in [3.63, 3.8) is 0 Å². The summed E-state index contributed by atoms with van der Waals surface area (Å²) in [5, 5.41) is 0. The average Bonchev–Trinajstić information content (AvgIpc) is 2.53. The number of hydrogen-bond acceptors (Lipinski definition) is 5. The van der Waals surface area contributed by atoms with Crippen LogP contribution in [0.3, 0.4) is 0 Å². The van der Waals surface area contributed by atoms with Crippen LogP contribution in [0.1, 0.15) is 51.0 Å². The van der Waals surface area contributed by atoms with Gasteiger partial charge in [0, 0.05) is 12.8 Å². The van der Waals surface area contributed by atoms with Crippen molar-refractivity contribution in [2.45, 2.75) is 75.3 Å². The normalized spacial score (nSPS) is 31.2. The van der Waals surface area contributed by atoms with Gasteiger partial charge >= 0.3 is 0 Å². The predicted molar refractivity (Wildman–Crippen MR) is 90.2 cm³/mol. The molecule has 2 fully saturated rings. The van der Waals surface area contributed by atoms with E-state index < -0.39 is 15.9 Å². The van der Waals surface area contributed by atoms with Gasteiger partial charge in [0.2, 0.25) is 0 Å². The fourth-order valence-corrected chi connectivity index (χ4v) is 4.43. The maximum Gasteiger partial charge on any atom is 0.297 e. The molecule has 2 saturated heterocycles. The van der Waals surface area contributed by atoms with Gasteiger partial charge in [-0.1, -0.05) is 17.7 Å². The summed E-state index contributed by atoms with van der Waals surface area (Å²) in [7, 11) is -3.75. The zero-order valence-electron chi connectivity index (χ0n) is 14.4. The topological polar surface area (TPSA) is 61.8 Å². The Balaban J connectivity index is 1.60. The third-order valence-corrected chi connectivity index (χ3v) is 6.06. The van der Waals surface area contributed by atoms with Crippen LogP contribution in [0.5, 0.6) is 0 Å². The van der Waals surface area contributed by atoms with E-state index in [4.69, 9.17) is 13.7 Å². The Kier molecular flexibility index (Phi) is 5.30. The SMILES string of the molecule is Cc1ccc(S(=O)(=O)OC[C@H]2CCC[C@@]3(CCC[C@H](C)O3)O2)cc1. The van der Waals surface area contributed by atoms with E-state index in [0.717, 1.165) is 44.1 Å². The minimum absolute atomic E-state index is 0.0374. The second-order valence-corrected chi connectivity index (χ2v) is 8.53. The number of benzene rings is 1. The highest BCUT2D eigenvalue weighted by atomic mass is 32.2. The molecule has 2 heterocycles. The summed E-state index contributed by atoms with van der Waals surface area (Å²) in [6, 6.07) is 6.67. The van der Waals surface area contributed by atoms with E-state index in [0.29, 0.717) is 0 Å².